The third kappa shape index (κ3) is 1.81. The zero-order valence-electron chi connectivity index (χ0n) is 9.94. The van der Waals surface area contributed by atoms with Gasteiger partial charge in [0.15, 0.2) is 0 Å². The van der Waals surface area contributed by atoms with Crippen LogP contribution in [0.2, 0.25) is 0 Å². The second kappa shape index (κ2) is 4.00. The lowest BCUT2D eigenvalue weighted by Crippen LogP contribution is -2.04. The van der Waals surface area contributed by atoms with Gasteiger partial charge in [-0.1, -0.05) is 12.1 Å². The van der Waals surface area contributed by atoms with Gasteiger partial charge in [0.2, 0.25) is 0 Å². The summed E-state index contributed by atoms with van der Waals surface area (Å²) in [5.41, 5.74) is 10.0. The van der Waals surface area contributed by atoms with E-state index in [9.17, 15) is 0 Å². The summed E-state index contributed by atoms with van der Waals surface area (Å²) in [7, 11) is 0. The molecule has 84 valence electrons. The maximum Gasteiger partial charge on any atom is 0.0714 e. The Kier molecular flexibility index (Phi) is 2.69. The minimum atomic E-state index is 0.362. The monoisotopic (exact) mass is 215 g/mol. The topological polar surface area (TPSA) is 43.8 Å². The Bertz CT molecular complexity index is 480. The predicted molar refractivity (Wildman–Crippen MR) is 67.2 cm³/mol. The number of aromatic nitrogens is 2. The Morgan fingerprint density at radius 1 is 1.19 bits per heavy atom. The van der Waals surface area contributed by atoms with Crippen LogP contribution in [0.25, 0.3) is 11.3 Å². The minimum Gasteiger partial charge on any atom is -0.399 e. The van der Waals surface area contributed by atoms with Crippen LogP contribution in [0.5, 0.6) is 0 Å². The fraction of sp³-hybridized carbons (Fsp3) is 0.308. The van der Waals surface area contributed by atoms with Crippen LogP contribution in [0, 0.1) is 6.92 Å². The molecule has 0 saturated heterocycles. The van der Waals surface area contributed by atoms with Gasteiger partial charge in [-0.25, -0.2) is 0 Å². The van der Waals surface area contributed by atoms with E-state index >= 15 is 0 Å². The minimum absolute atomic E-state index is 0.362. The molecule has 2 N–H and O–H groups in total. The number of hydrogen-bond acceptors (Lipinski definition) is 2. The van der Waals surface area contributed by atoms with Gasteiger partial charge in [-0.05, 0) is 38.5 Å². The number of benzene rings is 1. The Balaban J connectivity index is 2.54. The summed E-state index contributed by atoms with van der Waals surface area (Å²) in [6.45, 7) is 6.35. The molecule has 1 heterocycles. The summed E-state index contributed by atoms with van der Waals surface area (Å²) < 4.78 is 2.04. The SMILES string of the molecule is Cc1cnn(C(C)C)c1-c1ccc(N)cc1. The molecular formula is C13H17N3. The van der Waals surface area contributed by atoms with Crippen LogP contribution in [-0.2, 0) is 0 Å². The highest BCUT2D eigenvalue weighted by Gasteiger charge is 2.11. The standard InChI is InChI=1S/C13H17N3/c1-9(2)16-13(10(3)8-15-16)11-4-6-12(14)7-5-11/h4-9H,14H2,1-3H3. The lowest BCUT2D eigenvalue weighted by atomic mass is 10.1. The van der Waals surface area contributed by atoms with Crippen molar-refractivity contribution in [1.82, 2.24) is 9.78 Å². The molecule has 0 fully saturated rings. The van der Waals surface area contributed by atoms with Crippen LogP contribution in [0.4, 0.5) is 5.69 Å². The van der Waals surface area contributed by atoms with Crippen molar-refractivity contribution in [3.63, 3.8) is 0 Å². The van der Waals surface area contributed by atoms with Crippen molar-refractivity contribution >= 4 is 5.69 Å². The summed E-state index contributed by atoms with van der Waals surface area (Å²) in [5.74, 6) is 0. The maximum absolute atomic E-state index is 5.69. The van der Waals surface area contributed by atoms with E-state index in [1.165, 1.54) is 11.3 Å². The van der Waals surface area contributed by atoms with Gasteiger partial charge in [0, 0.05) is 17.3 Å². The first-order valence-corrected chi connectivity index (χ1v) is 5.49. The molecule has 1 aromatic carbocycles. The number of hydrogen-bond donors (Lipinski definition) is 1. The van der Waals surface area contributed by atoms with E-state index in [0.29, 0.717) is 6.04 Å². The quantitative estimate of drug-likeness (QED) is 0.782. The van der Waals surface area contributed by atoms with Gasteiger partial charge in [-0.3, -0.25) is 4.68 Å². The fourth-order valence-corrected chi connectivity index (χ4v) is 1.84. The van der Waals surface area contributed by atoms with E-state index in [2.05, 4.69) is 25.9 Å². The van der Waals surface area contributed by atoms with Crippen molar-refractivity contribution in [3.8, 4) is 11.3 Å². The summed E-state index contributed by atoms with van der Waals surface area (Å²) in [6.07, 6.45) is 1.91. The van der Waals surface area contributed by atoms with Crippen LogP contribution in [0.15, 0.2) is 30.5 Å². The van der Waals surface area contributed by atoms with Crippen LogP contribution in [0.1, 0.15) is 25.5 Å². The summed E-state index contributed by atoms with van der Waals surface area (Å²) in [4.78, 5) is 0. The molecule has 0 unspecified atom stereocenters. The number of rotatable bonds is 2. The Morgan fingerprint density at radius 2 is 1.81 bits per heavy atom. The second-order valence-electron chi connectivity index (χ2n) is 4.34. The van der Waals surface area contributed by atoms with Crippen molar-refractivity contribution in [2.75, 3.05) is 5.73 Å². The molecule has 0 spiro atoms. The van der Waals surface area contributed by atoms with E-state index in [1.54, 1.807) is 0 Å². The molecule has 3 nitrogen and oxygen atoms in total. The van der Waals surface area contributed by atoms with Gasteiger partial charge in [0.05, 0.1) is 11.9 Å². The van der Waals surface area contributed by atoms with Gasteiger partial charge in [0.25, 0.3) is 0 Å². The zero-order chi connectivity index (χ0) is 11.7. The summed E-state index contributed by atoms with van der Waals surface area (Å²) in [6, 6.07) is 8.29. The van der Waals surface area contributed by atoms with E-state index in [4.69, 9.17) is 5.73 Å². The van der Waals surface area contributed by atoms with E-state index < -0.39 is 0 Å². The lowest BCUT2D eigenvalue weighted by molar-refractivity contribution is 0.538. The highest BCUT2D eigenvalue weighted by Crippen LogP contribution is 2.26. The van der Waals surface area contributed by atoms with Crippen LogP contribution >= 0.6 is 0 Å². The molecular weight excluding hydrogens is 198 g/mol. The number of aryl methyl sites for hydroxylation is 1. The van der Waals surface area contributed by atoms with Gasteiger partial charge in [-0.2, -0.15) is 5.10 Å². The highest BCUT2D eigenvalue weighted by atomic mass is 15.3. The van der Waals surface area contributed by atoms with Gasteiger partial charge in [0.1, 0.15) is 0 Å². The molecule has 3 heteroatoms. The average molecular weight is 215 g/mol. The molecule has 2 aromatic rings. The van der Waals surface area contributed by atoms with E-state index in [-0.39, 0.29) is 0 Å². The third-order valence-corrected chi connectivity index (χ3v) is 2.65. The second-order valence-corrected chi connectivity index (χ2v) is 4.34. The van der Waals surface area contributed by atoms with E-state index in [0.717, 1.165) is 11.3 Å². The first-order valence-electron chi connectivity index (χ1n) is 5.49. The number of nitrogens with two attached hydrogens (primary N) is 1. The van der Waals surface area contributed by atoms with Crippen LogP contribution in [0.3, 0.4) is 0 Å². The first-order chi connectivity index (χ1) is 7.59. The van der Waals surface area contributed by atoms with Crippen molar-refractivity contribution in [2.45, 2.75) is 26.8 Å². The average Bonchev–Trinajstić information content (AvgIpc) is 2.62. The van der Waals surface area contributed by atoms with Gasteiger partial charge in [-0.15, -0.1) is 0 Å². The lowest BCUT2D eigenvalue weighted by Gasteiger charge is -2.12. The van der Waals surface area contributed by atoms with E-state index in [1.807, 2.05) is 35.1 Å². The molecule has 0 aliphatic rings. The van der Waals surface area contributed by atoms with Gasteiger partial charge >= 0.3 is 0 Å². The largest absolute Gasteiger partial charge is 0.399 e. The van der Waals surface area contributed by atoms with Crippen molar-refractivity contribution in [2.24, 2.45) is 0 Å². The molecule has 16 heavy (non-hydrogen) atoms. The molecule has 0 bridgehead atoms. The van der Waals surface area contributed by atoms with Crippen LogP contribution < -0.4 is 5.73 Å². The normalized spacial score (nSPS) is 11.0. The zero-order valence-corrected chi connectivity index (χ0v) is 9.94. The first kappa shape index (κ1) is 10.7. The summed E-state index contributed by atoms with van der Waals surface area (Å²) in [5, 5.41) is 4.40. The number of nitrogen functional groups attached to an aromatic ring is 1. The molecule has 0 radical (unpaired) electrons. The van der Waals surface area contributed by atoms with Crippen molar-refractivity contribution < 1.29 is 0 Å². The third-order valence-electron chi connectivity index (χ3n) is 2.65. The van der Waals surface area contributed by atoms with Crippen LogP contribution in [-0.4, -0.2) is 9.78 Å². The Morgan fingerprint density at radius 3 is 2.38 bits per heavy atom. The highest BCUT2D eigenvalue weighted by molar-refractivity contribution is 5.65. The molecule has 0 amide bonds. The molecule has 1 aromatic heterocycles. The molecule has 0 saturated carbocycles. The maximum atomic E-state index is 5.69. The molecule has 0 aliphatic heterocycles. The summed E-state index contributed by atoms with van der Waals surface area (Å²) >= 11 is 0. The smallest absolute Gasteiger partial charge is 0.0714 e. The Labute approximate surface area is 95.9 Å². The molecule has 0 atom stereocenters. The Hall–Kier alpha value is -1.77. The predicted octanol–water partition coefficient (Wildman–Crippen LogP) is 3.02. The number of anilines is 1. The van der Waals surface area contributed by atoms with Crippen molar-refractivity contribution in [1.29, 1.82) is 0 Å². The van der Waals surface area contributed by atoms with Crippen molar-refractivity contribution in [3.05, 3.63) is 36.0 Å². The molecule has 2 rings (SSSR count). The molecule has 0 aliphatic carbocycles. The fourth-order valence-electron chi connectivity index (χ4n) is 1.84. The van der Waals surface area contributed by atoms with Gasteiger partial charge < -0.3 is 5.73 Å². The number of nitrogens with zero attached hydrogens (tertiary/aromatic N) is 2.